The van der Waals surface area contributed by atoms with Gasteiger partial charge < -0.3 is 16.2 Å². The molecule has 4 N–H and O–H groups in total. The number of halogens is 1. The smallest absolute Gasteiger partial charge is 0.173 e. The van der Waals surface area contributed by atoms with E-state index in [-0.39, 0.29) is 6.10 Å². The summed E-state index contributed by atoms with van der Waals surface area (Å²) in [4.78, 5) is 8.30. The Morgan fingerprint density at radius 1 is 1.32 bits per heavy atom. The number of rotatable bonds is 3. The Morgan fingerprint density at radius 3 is 2.76 bits per heavy atom. The van der Waals surface area contributed by atoms with E-state index < -0.39 is 0 Å². The summed E-state index contributed by atoms with van der Waals surface area (Å²) in [6, 6.07) is 5.65. The summed E-state index contributed by atoms with van der Waals surface area (Å²) in [7, 11) is 0. The molecule has 3 heterocycles. The van der Waals surface area contributed by atoms with E-state index in [0.717, 1.165) is 28.7 Å². The second kappa shape index (κ2) is 8.26. The standard InChI is InChI=1S/C12H11BrN6.C5H10O/c13-9-7-17-19-11(4-10(14)18-12(9)19)16-6-8-2-1-3-15-5-8;6-5-3-1-2-4-5/h1-5,7,16H,6H2,(H2,14,18);5-6H,1-4H2. The molecule has 0 amide bonds. The fraction of sp³-hybridized carbons (Fsp3) is 0.353. The van der Waals surface area contributed by atoms with Gasteiger partial charge in [-0.25, -0.2) is 4.98 Å². The first-order valence-corrected chi connectivity index (χ1v) is 9.03. The molecule has 4 rings (SSSR count). The molecule has 1 fully saturated rings. The topological polar surface area (TPSA) is 101 Å². The fourth-order valence-corrected chi connectivity index (χ4v) is 3.03. The summed E-state index contributed by atoms with van der Waals surface area (Å²) in [6.45, 7) is 0.643. The van der Waals surface area contributed by atoms with Crippen molar-refractivity contribution in [3.05, 3.63) is 46.8 Å². The first-order chi connectivity index (χ1) is 12.1. The van der Waals surface area contributed by atoms with Crippen LogP contribution in [0.5, 0.6) is 0 Å². The maximum Gasteiger partial charge on any atom is 0.173 e. The molecular weight excluding hydrogens is 384 g/mol. The third-order valence-corrected chi connectivity index (χ3v) is 4.53. The molecule has 0 aromatic carbocycles. The van der Waals surface area contributed by atoms with Crippen LogP contribution in [0.3, 0.4) is 0 Å². The van der Waals surface area contributed by atoms with Crippen molar-refractivity contribution in [2.45, 2.75) is 38.3 Å². The molecule has 0 bridgehead atoms. The molecule has 7 nitrogen and oxygen atoms in total. The number of pyridine rings is 1. The van der Waals surface area contributed by atoms with Crippen LogP contribution in [0.1, 0.15) is 31.2 Å². The van der Waals surface area contributed by atoms with E-state index in [1.54, 1.807) is 23.0 Å². The highest BCUT2D eigenvalue weighted by molar-refractivity contribution is 9.10. The maximum absolute atomic E-state index is 8.73. The van der Waals surface area contributed by atoms with Gasteiger partial charge in [-0.05, 0) is 40.4 Å². The minimum Gasteiger partial charge on any atom is -0.393 e. The highest BCUT2D eigenvalue weighted by atomic mass is 79.9. The number of nitrogens with one attached hydrogen (secondary N) is 1. The molecule has 0 spiro atoms. The van der Waals surface area contributed by atoms with E-state index in [1.807, 2.05) is 18.3 Å². The Bertz CT molecular complexity index is 817. The van der Waals surface area contributed by atoms with Gasteiger partial charge in [-0.2, -0.15) is 9.61 Å². The largest absolute Gasteiger partial charge is 0.393 e. The predicted molar refractivity (Wildman–Crippen MR) is 101 cm³/mol. The molecule has 25 heavy (non-hydrogen) atoms. The number of nitrogen functional groups attached to an aromatic ring is 1. The number of hydrogen-bond acceptors (Lipinski definition) is 6. The van der Waals surface area contributed by atoms with E-state index in [4.69, 9.17) is 10.8 Å². The van der Waals surface area contributed by atoms with E-state index >= 15 is 0 Å². The van der Waals surface area contributed by atoms with Crippen molar-refractivity contribution in [2.24, 2.45) is 0 Å². The number of fused-ring (bicyclic) bond motifs is 1. The van der Waals surface area contributed by atoms with E-state index in [9.17, 15) is 0 Å². The lowest BCUT2D eigenvalue weighted by Crippen LogP contribution is -2.07. The molecule has 132 valence electrons. The Labute approximate surface area is 154 Å². The SMILES string of the molecule is Nc1cc(NCc2cccnc2)n2ncc(Br)c2n1.OC1CCCC1. The minimum absolute atomic E-state index is 0.0463. The van der Waals surface area contributed by atoms with Gasteiger partial charge in [-0.3, -0.25) is 4.98 Å². The lowest BCUT2D eigenvalue weighted by atomic mass is 10.3. The van der Waals surface area contributed by atoms with Gasteiger partial charge in [0.15, 0.2) is 5.65 Å². The van der Waals surface area contributed by atoms with Crippen LogP contribution in [0.15, 0.2) is 41.3 Å². The molecule has 0 radical (unpaired) electrons. The number of nitrogens with two attached hydrogens (primary N) is 1. The van der Waals surface area contributed by atoms with Crippen LogP contribution < -0.4 is 11.1 Å². The monoisotopic (exact) mass is 404 g/mol. The molecule has 0 aliphatic heterocycles. The average molecular weight is 405 g/mol. The van der Waals surface area contributed by atoms with Crippen molar-refractivity contribution in [3.8, 4) is 0 Å². The van der Waals surface area contributed by atoms with Crippen LogP contribution in [0.4, 0.5) is 11.6 Å². The van der Waals surface area contributed by atoms with Gasteiger partial charge >= 0.3 is 0 Å². The van der Waals surface area contributed by atoms with Crippen LogP contribution in [-0.4, -0.2) is 30.8 Å². The fourth-order valence-electron chi connectivity index (χ4n) is 2.68. The molecule has 3 aromatic heterocycles. The summed E-state index contributed by atoms with van der Waals surface area (Å²) >= 11 is 3.39. The molecule has 8 heteroatoms. The molecule has 1 aliphatic rings. The molecule has 0 atom stereocenters. The number of aromatic nitrogens is 4. The van der Waals surface area contributed by atoms with E-state index in [0.29, 0.717) is 18.0 Å². The normalized spacial score (nSPS) is 14.3. The van der Waals surface area contributed by atoms with Crippen molar-refractivity contribution in [1.82, 2.24) is 19.6 Å². The van der Waals surface area contributed by atoms with Crippen molar-refractivity contribution in [3.63, 3.8) is 0 Å². The summed E-state index contributed by atoms with van der Waals surface area (Å²) in [6.07, 6.45) is 9.86. The Hall–Kier alpha value is -2.19. The quantitative estimate of drug-likeness (QED) is 0.619. The highest BCUT2D eigenvalue weighted by Gasteiger charge is 2.09. The van der Waals surface area contributed by atoms with Gasteiger partial charge in [-0.15, -0.1) is 0 Å². The van der Waals surface area contributed by atoms with Crippen molar-refractivity contribution in [2.75, 3.05) is 11.1 Å². The molecule has 3 aromatic rings. The maximum atomic E-state index is 8.73. The van der Waals surface area contributed by atoms with Crippen LogP contribution in [-0.2, 0) is 6.54 Å². The summed E-state index contributed by atoms with van der Waals surface area (Å²) in [5.74, 6) is 1.24. The molecule has 0 saturated heterocycles. The Balaban J connectivity index is 0.000000258. The Kier molecular flexibility index (Phi) is 5.83. The zero-order chi connectivity index (χ0) is 17.6. The third kappa shape index (κ3) is 4.67. The zero-order valence-corrected chi connectivity index (χ0v) is 15.4. The Morgan fingerprint density at radius 2 is 2.12 bits per heavy atom. The van der Waals surface area contributed by atoms with E-state index in [2.05, 4.69) is 36.3 Å². The van der Waals surface area contributed by atoms with Gasteiger partial charge in [0.2, 0.25) is 0 Å². The molecule has 0 unspecified atom stereocenters. The van der Waals surface area contributed by atoms with E-state index in [1.165, 1.54) is 12.8 Å². The molecular formula is C17H21BrN6O. The van der Waals surface area contributed by atoms with Crippen LogP contribution in [0.25, 0.3) is 5.65 Å². The first-order valence-electron chi connectivity index (χ1n) is 8.24. The first kappa shape index (κ1) is 17.6. The zero-order valence-electron chi connectivity index (χ0n) is 13.8. The lowest BCUT2D eigenvalue weighted by Gasteiger charge is -2.09. The second-order valence-electron chi connectivity index (χ2n) is 5.95. The second-order valence-corrected chi connectivity index (χ2v) is 6.80. The number of anilines is 2. The van der Waals surface area contributed by atoms with Crippen molar-refractivity contribution >= 4 is 33.2 Å². The lowest BCUT2D eigenvalue weighted by molar-refractivity contribution is 0.183. The van der Waals surface area contributed by atoms with Gasteiger partial charge in [0.05, 0.1) is 16.8 Å². The molecule has 1 saturated carbocycles. The summed E-state index contributed by atoms with van der Waals surface area (Å²) in [5, 5.41) is 16.3. The average Bonchev–Trinajstić information content (AvgIpc) is 3.24. The number of aliphatic hydroxyl groups excluding tert-OH is 1. The minimum atomic E-state index is 0.0463. The summed E-state index contributed by atoms with van der Waals surface area (Å²) in [5.41, 5.74) is 7.57. The van der Waals surface area contributed by atoms with Gasteiger partial charge in [0.25, 0.3) is 0 Å². The van der Waals surface area contributed by atoms with Crippen LogP contribution in [0.2, 0.25) is 0 Å². The van der Waals surface area contributed by atoms with Crippen LogP contribution in [0, 0.1) is 0 Å². The predicted octanol–water partition coefficient (Wildman–Crippen LogP) is 3.00. The van der Waals surface area contributed by atoms with Crippen LogP contribution >= 0.6 is 15.9 Å². The number of aliphatic hydroxyl groups is 1. The molecule has 1 aliphatic carbocycles. The van der Waals surface area contributed by atoms with Gasteiger partial charge in [-0.1, -0.05) is 18.9 Å². The third-order valence-electron chi connectivity index (χ3n) is 3.97. The number of nitrogens with zero attached hydrogens (tertiary/aromatic N) is 4. The van der Waals surface area contributed by atoms with Gasteiger partial charge in [0.1, 0.15) is 11.6 Å². The van der Waals surface area contributed by atoms with Crippen molar-refractivity contribution < 1.29 is 5.11 Å². The van der Waals surface area contributed by atoms with Crippen molar-refractivity contribution in [1.29, 1.82) is 0 Å². The summed E-state index contributed by atoms with van der Waals surface area (Å²) < 4.78 is 2.51. The highest BCUT2D eigenvalue weighted by Crippen LogP contribution is 2.21. The number of hydrogen-bond donors (Lipinski definition) is 3. The van der Waals surface area contributed by atoms with Gasteiger partial charge in [0, 0.05) is 25.0 Å².